The van der Waals surface area contributed by atoms with Gasteiger partial charge in [0.25, 0.3) is 6.43 Å². The van der Waals surface area contributed by atoms with Crippen molar-refractivity contribution in [3.63, 3.8) is 0 Å². The molecule has 17 heavy (non-hydrogen) atoms. The van der Waals surface area contributed by atoms with E-state index >= 15 is 0 Å². The average Bonchev–Trinajstić information content (AvgIpc) is 2.35. The van der Waals surface area contributed by atoms with Crippen molar-refractivity contribution in [2.45, 2.75) is 58.8 Å². The molecule has 0 aromatic heterocycles. The van der Waals surface area contributed by atoms with Crippen molar-refractivity contribution < 1.29 is 13.5 Å². The van der Waals surface area contributed by atoms with Crippen LogP contribution in [0, 0.1) is 11.3 Å². The van der Waals surface area contributed by atoms with Gasteiger partial charge in [-0.05, 0) is 31.8 Å². The minimum atomic E-state index is -2.63. The van der Waals surface area contributed by atoms with Gasteiger partial charge in [0, 0.05) is 5.92 Å². The largest absolute Gasteiger partial charge is 0.442 e. The number of alkyl halides is 2. The summed E-state index contributed by atoms with van der Waals surface area (Å²) in [7, 11) is 0. The fraction of sp³-hybridized carbons (Fsp3) is 0.769. The van der Waals surface area contributed by atoms with E-state index in [1.165, 1.54) is 6.42 Å². The highest BCUT2D eigenvalue weighted by Crippen LogP contribution is 2.27. The number of ether oxygens (including phenoxy) is 1. The quantitative estimate of drug-likeness (QED) is 0.441. The van der Waals surface area contributed by atoms with Crippen LogP contribution in [0.5, 0.6) is 0 Å². The normalized spacial score (nSPS) is 19.1. The number of halogens is 2. The smallest absolute Gasteiger partial charge is 0.295 e. The van der Waals surface area contributed by atoms with E-state index in [0.29, 0.717) is 12.0 Å². The van der Waals surface area contributed by atoms with Crippen LogP contribution in [0.1, 0.15) is 52.4 Å². The first-order chi connectivity index (χ1) is 8.06. The van der Waals surface area contributed by atoms with Crippen molar-refractivity contribution in [2.75, 3.05) is 0 Å². The maximum atomic E-state index is 12.8. The summed E-state index contributed by atoms with van der Waals surface area (Å²) in [5.74, 6) is -0.266. The van der Waals surface area contributed by atoms with Crippen LogP contribution >= 0.6 is 0 Å². The highest BCUT2D eigenvalue weighted by Gasteiger charge is 2.24. The van der Waals surface area contributed by atoms with Crippen LogP contribution in [0.2, 0.25) is 0 Å². The van der Waals surface area contributed by atoms with Crippen LogP contribution in [0.15, 0.2) is 11.3 Å². The molecule has 1 fully saturated rings. The van der Waals surface area contributed by atoms with Crippen molar-refractivity contribution in [3.8, 4) is 0 Å². The van der Waals surface area contributed by atoms with Crippen molar-refractivity contribution in [2.24, 2.45) is 5.92 Å². The Bertz CT molecular complexity index is 294. The molecule has 1 saturated carbocycles. The summed E-state index contributed by atoms with van der Waals surface area (Å²) in [6.07, 6.45) is 2.99. The third-order valence-corrected chi connectivity index (χ3v) is 3.35. The molecule has 98 valence electrons. The fourth-order valence-corrected chi connectivity index (χ4v) is 2.06. The number of hydrogen-bond donors (Lipinski definition) is 1. The van der Waals surface area contributed by atoms with Crippen LogP contribution in [0.3, 0.4) is 0 Å². The van der Waals surface area contributed by atoms with Crippen molar-refractivity contribution in [1.29, 1.82) is 5.41 Å². The monoisotopic (exact) mass is 245 g/mol. The molecule has 0 aromatic rings. The van der Waals surface area contributed by atoms with E-state index in [9.17, 15) is 8.78 Å². The molecule has 0 heterocycles. The Morgan fingerprint density at radius 1 is 1.29 bits per heavy atom. The lowest BCUT2D eigenvalue weighted by atomic mass is 9.89. The van der Waals surface area contributed by atoms with Gasteiger partial charge in [-0.2, -0.15) is 0 Å². The van der Waals surface area contributed by atoms with E-state index in [4.69, 9.17) is 10.1 Å². The zero-order valence-electron chi connectivity index (χ0n) is 10.6. The first-order valence-electron chi connectivity index (χ1n) is 6.30. The highest BCUT2D eigenvalue weighted by atomic mass is 19.3. The van der Waals surface area contributed by atoms with Gasteiger partial charge in [-0.15, -0.1) is 0 Å². The first-order valence-corrected chi connectivity index (χ1v) is 6.30. The summed E-state index contributed by atoms with van der Waals surface area (Å²) < 4.78 is 30.7. The summed E-state index contributed by atoms with van der Waals surface area (Å²) in [4.78, 5) is 0. The van der Waals surface area contributed by atoms with E-state index in [2.05, 4.69) is 0 Å². The summed E-state index contributed by atoms with van der Waals surface area (Å²) in [6, 6.07) is 0. The van der Waals surface area contributed by atoms with E-state index in [0.717, 1.165) is 25.7 Å². The van der Waals surface area contributed by atoms with Gasteiger partial charge in [0.15, 0.2) is 11.7 Å². The molecule has 0 spiro atoms. The molecule has 0 aromatic carbocycles. The molecular weight excluding hydrogens is 224 g/mol. The van der Waals surface area contributed by atoms with Crippen LogP contribution in [-0.2, 0) is 4.74 Å². The Labute approximate surface area is 102 Å². The second-order valence-corrected chi connectivity index (χ2v) is 4.60. The summed E-state index contributed by atoms with van der Waals surface area (Å²) >= 11 is 0. The Morgan fingerprint density at radius 2 is 1.88 bits per heavy atom. The Kier molecular flexibility index (Phi) is 5.59. The maximum Gasteiger partial charge on any atom is 0.295 e. The van der Waals surface area contributed by atoms with Crippen molar-refractivity contribution >= 4 is 5.90 Å². The van der Waals surface area contributed by atoms with Gasteiger partial charge in [0.05, 0.1) is 0 Å². The standard InChI is InChI=1S/C13H21F2NO/c1-3-9(2)11(12(14)15)17-13(16)10-7-5-4-6-8-10/h10,12,16H,3-8H2,1-2H3/b11-9+,16-13?. The summed E-state index contributed by atoms with van der Waals surface area (Å²) in [6.45, 7) is 3.45. The molecule has 0 amide bonds. The predicted octanol–water partition coefficient (Wildman–Crippen LogP) is 4.51. The summed E-state index contributed by atoms with van der Waals surface area (Å²) in [5, 5.41) is 7.79. The third-order valence-electron chi connectivity index (χ3n) is 3.35. The van der Waals surface area contributed by atoms with E-state index in [1.807, 2.05) is 6.92 Å². The highest BCUT2D eigenvalue weighted by molar-refractivity contribution is 5.76. The van der Waals surface area contributed by atoms with Crippen molar-refractivity contribution in [1.82, 2.24) is 0 Å². The number of nitrogens with one attached hydrogen (secondary N) is 1. The van der Waals surface area contributed by atoms with Crippen molar-refractivity contribution in [3.05, 3.63) is 11.3 Å². The molecular formula is C13H21F2NO. The predicted molar refractivity (Wildman–Crippen MR) is 64.4 cm³/mol. The lowest BCUT2D eigenvalue weighted by molar-refractivity contribution is 0.125. The Hall–Kier alpha value is -0.930. The molecule has 0 radical (unpaired) electrons. The fourth-order valence-electron chi connectivity index (χ4n) is 2.06. The average molecular weight is 245 g/mol. The second kappa shape index (κ2) is 6.72. The number of rotatable bonds is 4. The van der Waals surface area contributed by atoms with Gasteiger partial charge < -0.3 is 4.74 Å². The molecule has 1 aliphatic carbocycles. The SMILES string of the molecule is CC/C(C)=C(/OC(=N)C1CCCCC1)C(F)F. The summed E-state index contributed by atoms with van der Waals surface area (Å²) in [5.41, 5.74) is 0.528. The van der Waals surface area contributed by atoms with Crippen LogP contribution in [0.25, 0.3) is 0 Å². The van der Waals surface area contributed by atoms with E-state index in [-0.39, 0.29) is 17.6 Å². The zero-order valence-corrected chi connectivity index (χ0v) is 10.6. The molecule has 1 rings (SSSR count). The molecule has 2 nitrogen and oxygen atoms in total. The molecule has 1 N–H and O–H groups in total. The van der Waals surface area contributed by atoms with Gasteiger partial charge >= 0.3 is 0 Å². The molecule has 0 saturated heterocycles. The minimum absolute atomic E-state index is 0.0211. The maximum absolute atomic E-state index is 12.8. The van der Waals surface area contributed by atoms with Crippen LogP contribution in [-0.4, -0.2) is 12.3 Å². The molecule has 0 aliphatic heterocycles. The molecule has 0 atom stereocenters. The number of hydrogen-bond acceptors (Lipinski definition) is 2. The third kappa shape index (κ3) is 4.10. The second-order valence-electron chi connectivity index (χ2n) is 4.60. The Balaban J connectivity index is 2.64. The number of allylic oxidation sites excluding steroid dienone is 2. The lowest BCUT2D eigenvalue weighted by Gasteiger charge is -2.23. The van der Waals surface area contributed by atoms with Crippen LogP contribution in [0.4, 0.5) is 8.78 Å². The zero-order chi connectivity index (χ0) is 12.8. The van der Waals surface area contributed by atoms with Gasteiger partial charge in [-0.3, -0.25) is 5.41 Å². The lowest BCUT2D eigenvalue weighted by Crippen LogP contribution is -2.21. The molecule has 0 unspecified atom stereocenters. The van der Waals surface area contributed by atoms with Crippen LogP contribution < -0.4 is 0 Å². The van der Waals surface area contributed by atoms with Gasteiger partial charge in [0.1, 0.15) is 0 Å². The Morgan fingerprint density at radius 3 is 2.35 bits per heavy atom. The topological polar surface area (TPSA) is 33.1 Å². The van der Waals surface area contributed by atoms with Gasteiger partial charge in [0.2, 0.25) is 0 Å². The van der Waals surface area contributed by atoms with E-state index < -0.39 is 6.43 Å². The molecule has 1 aliphatic rings. The molecule has 4 heteroatoms. The minimum Gasteiger partial charge on any atom is -0.442 e. The van der Waals surface area contributed by atoms with E-state index in [1.54, 1.807) is 6.92 Å². The van der Waals surface area contributed by atoms with Gasteiger partial charge in [-0.1, -0.05) is 26.2 Å². The van der Waals surface area contributed by atoms with Gasteiger partial charge in [-0.25, -0.2) is 8.78 Å². The first kappa shape index (κ1) is 14.1. The molecule has 0 bridgehead atoms.